The summed E-state index contributed by atoms with van der Waals surface area (Å²) < 4.78 is 4.52. The smallest absolute Gasteiger partial charge is 0.293 e. The highest BCUT2D eigenvalue weighted by Crippen LogP contribution is 2.05. The molecule has 0 atom stereocenters. The van der Waals surface area contributed by atoms with Gasteiger partial charge in [0.15, 0.2) is 0 Å². The molecule has 0 amide bonds. The van der Waals surface area contributed by atoms with E-state index in [1.165, 1.54) is 0 Å². The topological polar surface area (TPSA) is 43.4 Å². The van der Waals surface area contributed by atoms with Crippen molar-refractivity contribution in [2.75, 3.05) is 6.61 Å². The minimum atomic E-state index is 0.325. The predicted molar refractivity (Wildman–Crippen MR) is 54.8 cm³/mol. The fourth-order valence-electron chi connectivity index (χ4n) is 0.907. The fourth-order valence-corrected chi connectivity index (χ4v) is 0.907. The summed E-state index contributed by atoms with van der Waals surface area (Å²) in [5.74, 6) is 0. The van der Waals surface area contributed by atoms with Crippen LogP contribution < -0.4 is 0 Å². The van der Waals surface area contributed by atoms with Crippen LogP contribution in [0.25, 0.3) is 0 Å². The molecule has 0 aromatic carbocycles. The fraction of sp³-hybridized carbons (Fsp3) is 0.455. The number of carbonyl (C=O) groups is 2. The van der Waals surface area contributed by atoms with Crippen LogP contribution in [-0.4, -0.2) is 19.4 Å². The van der Waals surface area contributed by atoms with Gasteiger partial charge in [-0.15, -0.1) is 0 Å². The van der Waals surface area contributed by atoms with Crippen molar-refractivity contribution >= 4 is 12.8 Å². The Kier molecular flexibility index (Phi) is 7.42. The van der Waals surface area contributed by atoms with E-state index in [2.05, 4.69) is 4.74 Å². The van der Waals surface area contributed by atoms with Crippen molar-refractivity contribution in [3.05, 3.63) is 23.3 Å². The van der Waals surface area contributed by atoms with Gasteiger partial charge in [0.05, 0.1) is 0 Å². The summed E-state index contributed by atoms with van der Waals surface area (Å²) >= 11 is 0. The van der Waals surface area contributed by atoms with Gasteiger partial charge >= 0.3 is 0 Å². The maximum absolute atomic E-state index is 10.2. The Labute approximate surface area is 84.4 Å². The van der Waals surface area contributed by atoms with Crippen molar-refractivity contribution in [3.8, 4) is 0 Å². The van der Waals surface area contributed by atoms with Crippen LogP contribution in [0, 0.1) is 0 Å². The molecule has 0 aliphatic heterocycles. The zero-order valence-electron chi connectivity index (χ0n) is 8.66. The number of hydrogen-bond acceptors (Lipinski definition) is 3. The molecule has 0 saturated heterocycles. The van der Waals surface area contributed by atoms with Crippen molar-refractivity contribution in [2.24, 2.45) is 0 Å². The Morgan fingerprint density at radius 3 is 2.50 bits per heavy atom. The summed E-state index contributed by atoms with van der Waals surface area (Å²) in [7, 11) is 0. The standard InChI is InChI=1S/C11H16O3/c1-10(6-7-14-9-13)4-3-5-11(2)8-12/h5-6,8-9H,3-4,7H2,1-2H3. The normalized spacial score (nSPS) is 12.4. The van der Waals surface area contributed by atoms with Gasteiger partial charge in [-0.3, -0.25) is 9.59 Å². The van der Waals surface area contributed by atoms with Crippen LogP contribution in [0.1, 0.15) is 26.7 Å². The minimum absolute atomic E-state index is 0.325. The highest BCUT2D eigenvalue weighted by molar-refractivity contribution is 5.71. The van der Waals surface area contributed by atoms with Gasteiger partial charge < -0.3 is 4.74 Å². The lowest BCUT2D eigenvalue weighted by Gasteiger charge is -1.98. The number of hydrogen-bond donors (Lipinski definition) is 0. The molecule has 0 heterocycles. The third-order valence-electron chi connectivity index (χ3n) is 1.79. The third-order valence-corrected chi connectivity index (χ3v) is 1.79. The Morgan fingerprint density at radius 1 is 1.21 bits per heavy atom. The number of ether oxygens (including phenoxy) is 1. The van der Waals surface area contributed by atoms with Crippen LogP contribution in [-0.2, 0) is 14.3 Å². The Morgan fingerprint density at radius 2 is 1.93 bits per heavy atom. The van der Waals surface area contributed by atoms with E-state index in [1.54, 1.807) is 6.92 Å². The van der Waals surface area contributed by atoms with E-state index < -0.39 is 0 Å². The van der Waals surface area contributed by atoms with Crippen LogP contribution in [0.5, 0.6) is 0 Å². The van der Waals surface area contributed by atoms with Crippen LogP contribution >= 0.6 is 0 Å². The third kappa shape index (κ3) is 7.28. The monoisotopic (exact) mass is 196 g/mol. The zero-order valence-corrected chi connectivity index (χ0v) is 8.66. The maximum atomic E-state index is 10.2. The van der Waals surface area contributed by atoms with Gasteiger partial charge in [0.25, 0.3) is 6.47 Å². The first-order valence-electron chi connectivity index (χ1n) is 4.53. The quantitative estimate of drug-likeness (QED) is 0.271. The number of rotatable bonds is 7. The first-order chi connectivity index (χ1) is 6.70. The summed E-state index contributed by atoms with van der Waals surface area (Å²) in [5, 5.41) is 0. The van der Waals surface area contributed by atoms with Crippen molar-refractivity contribution in [1.82, 2.24) is 0 Å². The van der Waals surface area contributed by atoms with Gasteiger partial charge in [-0.05, 0) is 38.3 Å². The van der Waals surface area contributed by atoms with Gasteiger partial charge in [-0.1, -0.05) is 11.6 Å². The summed E-state index contributed by atoms with van der Waals surface area (Å²) in [6.07, 6.45) is 6.32. The molecule has 0 N–H and O–H groups in total. The van der Waals surface area contributed by atoms with Crippen molar-refractivity contribution in [2.45, 2.75) is 26.7 Å². The summed E-state index contributed by atoms with van der Waals surface area (Å²) in [4.78, 5) is 20.1. The molecule has 0 unspecified atom stereocenters. The minimum Gasteiger partial charge on any atom is -0.464 e. The molecule has 78 valence electrons. The Balaban J connectivity index is 3.72. The first kappa shape index (κ1) is 12.6. The number of aldehydes is 1. The maximum Gasteiger partial charge on any atom is 0.293 e. The van der Waals surface area contributed by atoms with Gasteiger partial charge in [-0.2, -0.15) is 0 Å². The van der Waals surface area contributed by atoms with E-state index in [1.807, 2.05) is 19.1 Å². The molecule has 0 saturated carbocycles. The molecule has 0 spiro atoms. The lowest BCUT2D eigenvalue weighted by atomic mass is 10.1. The lowest BCUT2D eigenvalue weighted by Crippen LogP contribution is -1.88. The molecule has 0 aromatic heterocycles. The zero-order chi connectivity index (χ0) is 10.8. The average Bonchev–Trinajstić information content (AvgIpc) is 2.18. The summed E-state index contributed by atoms with van der Waals surface area (Å²) in [6.45, 7) is 4.51. The highest BCUT2D eigenvalue weighted by Gasteiger charge is 1.89. The van der Waals surface area contributed by atoms with E-state index in [4.69, 9.17) is 0 Å². The van der Waals surface area contributed by atoms with E-state index in [0.717, 1.165) is 30.3 Å². The van der Waals surface area contributed by atoms with Crippen LogP contribution in [0.3, 0.4) is 0 Å². The molecule has 0 fully saturated rings. The van der Waals surface area contributed by atoms with Crippen LogP contribution in [0.15, 0.2) is 23.3 Å². The van der Waals surface area contributed by atoms with Crippen LogP contribution in [0.4, 0.5) is 0 Å². The largest absolute Gasteiger partial charge is 0.464 e. The van der Waals surface area contributed by atoms with E-state index >= 15 is 0 Å². The second-order valence-electron chi connectivity index (χ2n) is 3.08. The molecule has 0 aromatic rings. The lowest BCUT2D eigenvalue weighted by molar-refractivity contribution is -0.127. The Hall–Kier alpha value is -1.38. The molecule has 0 rings (SSSR count). The average molecular weight is 196 g/mol. The van der Waals surface area contributed by atoms with Crippen molar-refractivity contribution in [3.63, 3.8) is 0 Å². The van der Waals surface area contributed by atoms with E-state index in [9.17, 15) is 9.59 Å². The van der Waals surface area contributed by atoms with Gasteiger partial charge in [0, 0.05) is 0 Å². The molecule has 0 radical (unpaired) electrons. The Bertz CT molecular complexity index is 239. The van der Waals surface area contributed by atoms with Gasteiger partial charge in [0.1, 0.15) is 12.9 Å². The molecule has 3 nitrogen and oxygen atoms in total. The SMILES string of the molecule is CC(C=O)=CCCC(C)=CCOC=O. The molecule has 3 heteroatoms. The highest BCUT2D eigenvalue weighted by atomic mass is 16.5. The molecule has 0 aliphatic rings. The van der Waals surface area contributed by atoms with E-state index in [-0.39, 0.29) is 0 Å². The molecule has 14 heavy (non-hydrogen) atoms. The van der Waals surface area contributed by atoms with Crippen LogP contribution in [0.2, 0.25) is 0 Å². The second-order valence-corrected chi connectivity index (χ2v) is 3.08. The molecule has 0 bridgehead atoms. The molecule has 0 aliphatic carbocycles. The first-order valence-corrected chi connectivity index (χ1v) is 4.53. The van der Waals surface area contributed by atoms with Gasteiger partial charge in [0.2, 0.25) is 0 Å². The molecular weight excluding hydrogens is 180 g/mol. The summed E-state index contributed by atoms with van der Waals surface area (Å²) in [6, 6.07) is 0. The van der Waals surface area contributed by atoms with E-state index in [0.29, 0.717) is 13.1 Å². The second kappa shape index (κ2) is 8.23. The van der Waals surface area contributed by atoms with Crippen molar-refractivity contribution in [1.29, 1.82) is 0 Å². The summed E-state index contributed by atoms with van der Waals surface area (Å²) in [5.41, 5.74) is 1.91. The van der Waals surface area contributed by atoms with Crippen molar-refractivity contribution < 1.29 is 14.3 Å². The predicted octanol–water partition coefficient (Wildman–Crippen LogP) is 2.03. The molecular formula is C11H16O3. The van der Waals surface area contributed by atoms with Gasteiger partial charge in [-0.25, -0.2) is 0 Å². The number of carbonyl (C=O) groups excluding carboxylic acids is 2. The number of allylic oxidation sites excluding steroid dienone is 3.